The molecule has 1 amide bonds. The summed E-state index contributed by atoms with van der Waals surface area (Å²) in [6.45, 7) is 3.41. The molecule has 1 aromatic rings. The van der Waals surface area contributed by atoms with Crippen molar-refractivity contribution in [3.8, 4) is 6.07 Å². The van der Waals surface area contributed by atoms with Crippen LogP contribution in [0.1, 0.15) is 18.1 Å². The maximum absolute atomic E-state index is 13.5. The standard InChI is InChI=1S/C11H11FN2O2/c1-3-16-11(15)14-9-5-4-7(2)10(12)8(9)6-13/h4-5H,3H2,1-2H3,(H,14,15). The molecule has 0 fully saturated rings. The summed E-state index contributed by atoms with van der Waals surface area (Å²) in [6, 6.07) is 4.66. The van der Waals surface area contributed by atoms with Gasteiger partial charge in [-0.1, -0.05) is 6.07 Å². The first-order valence-electron chi connectivity index (χ1n) is 4.73. The summed E-state index contributed by atoms with van der Waals surface area (Å²) in [4.78, 5) is 11.1. The van der Waals surface area contributed by atoms with Crippen LogP contribution in [0.3, 0.4) is 0 Å². The average molecular weight is 222 g/mol. The van der Waals surface area contributed by atoms with E-state index < -0.39 is 11.9 Å². The van der Waals surface area contributed by atoms with Crippen molar-refractivity contribution >= 4 is 11.8 Å². The van der Waals surface area contributed by atoms with Crippen LogP contribution in [-0.4, -0.2) is 12.7 Å². The molecule has 16 heavy (non-hydrogen) atoms. The van der Waals surface area contributed by atoms with Gasteiger partial charge in [-0.15, -0.1) is 0 Å². The molecule has 0 aliphatic carbocycles. The number of carbonyl (C=O) groups excluding carboxylic acids is 1. The molecule has 4 nitrogen and oxygen atoms in total. The molecule has 0 bridgehead atoms. The van der Waals surface area contributed by atoms with Crippen LogP contribution >= 0.6 is 0 Å². The lowest BCUT2D eigenvalue weighted by Crippen LogP contribution is -2.14. The Hall–Kier alpha value is -2.09. The zero-order chi connectivity index (χ0) is 12.1. The third-order valence-corrected chi connectivity index (χ3v) is 1.96. The number of halogens is 1. The molecule has 0 saturated heterocycles. The summed E-state index contributed by atoms with van der Waals surface area (Å²) in [6.07, 6.45) is -0.706. The number of hydrogen-bond acceptors (Lipinski definition) is 3. The molecular weight excluding hydrogens is 211 g/mol. The van der Waals surface area contributed by atoms with Gasteiger partial charge in [0.05, 0.1) is 12.3 Å². The third-order valence-electron chi connectivity index (χ3n) is 1.96. The summed E-state index contributed by atoms with van der Waals surface area (Å²) in [7, 11) is 0. The Bertz CT molecular complexity index is 452. The minimum absolute atomic E-state index is 0.115. The Morgan fingerprint density at radius 1 is 1.62 bits per heavy atom. The molecule has 0 saturated carbocycles. The van der Waals surface area contributed by atoms with Gasteiger partial charge in [-0.05, 0) is 25.5 Å². The fourth-order valence-corrected chi connectivity index (χ4v) is 1.17. The van der Waals surface area contributed by atoms with E-state index in [2.05, 4.69) is 10.1 Å². The van der Waals surface area contributed by atoms with Crippen molar-refractivity contribution in [3.05, 3.63) is 29.1 Å². The Kier molecular flexibility index (Phi) is 3.84. The van der Waals surface area contributed by atoms with E-state index >= 15 is 0 Å². The van der Waals surface area contributed by atoms with Crippen LogP contribution in [0.2, 0.25) is 0 Å². The zero-order valence-corrected chi connectivity index (χ0v) is 9.00. The fourth-order valence-electron chi connectivity index (χ4n) is 1.17. The van der Waals surface area contributed by atoms with Gasteiger partial charge in [-0.3, -0.25) is 5.32 Å². The number of rotatable bonds is 2. The molecule has 0 aromatic heterocycles. The molecule has 0 unspecified atom stereocenters. The van der Waals surface area contributed by atoms with E-state index in [1.807, 2.05) is 0 Å². The Balaban J connectivity index is 3.02. The normalized spacial score (nSPS) is 9.38. The molecule has 0 heterocycles. The molecule has 0 atom stereocenters. The van der Waals surface area contributed by atoms with Crippen molar-refractivity contribution in [1.29, 1.82) is 5.26 Å². The van der Waals surface area contributed by atoms with Gasteiger partial charge in [0.15, 0.2) is 0 Å². The number of ether oxygens (including phenoxy) is 1. The van der Waals surface area contributed by atoms with E-state index in [0.717, 1.165) is 0 Å². The molecular formula is C11H11FN2O2. The first kappa shape index (κ1) is 12.0. The van der Waals surface area contributed by atoms with Crippen LogP contribution in [0.4, 0.5) is 14.9 Å². The number of benzene rings is 1. The van der Waals surface area contributed by atoms with Crippen LogP contribution in [0, 0.1) is 24.1 Å². The average Bonchev–Trinajstić information content (AvgIpc) is 2.24. The first-order chi connectivity index (χ1) is 7.60. The van der Waals surface area contributed by atoms with Crippen LogP contribution in [0.25, 0.3) is 0 Å². The maximum atomic E-state index is 13.5. The van der Waals surface area contributed by atoms with Crippen molar-refractivity contribution in [1.82, 2.24) is 0 Å². The summed E-state index contributed by atoms with van der Waals surface area (Å²) in [5, 5.41) is 11.1. The minimum Gasteiger partial charge on any atom is -0.450 e. The van der Waals surface area contributed by atoms with Crippen molar-refractivity contribution in [2.75, 3.05) is 11.9 Å². The van der Waals surface area contributed by atoms with Crippen LogP contribution < -0.4 is 5.32 Å². The lowest BCUT2D eigenvalue weighted by Gasteiger charge is -2.08. The highest BCUT2D eigenvalue weighted by atomic mass is 19.1. The Morgan fingerprint density at radius 3 is 2.88 bits per heavy atom. The summed E-state index contributed by atoms with van der Waals surface area (Å²) < 4.78 is 18.1. The van der Waals surface area contributed by atoms with E-state index in [1.165, 1.54) is 12.1 Å². The molecule has 0 aliphatic rings. The van der Waals surface area contributed by atoms with Crippen molar-refractivity contribution < 1.29 is 13.9 Å². The van der Waals surface area contributed by atoms with Gasteiger partial charge in [0.1, 0.15) is 17.4 Å². The van der Waals surface area contributed by atoms with E-state index in [0.29, 0.717) is 5.56 Å². The highest BCUT2D eigenvalue weighted by Gasteiger charge is 2.13. The lowest BCUT2D eigenvalue weighted by atomic mass is 10.1. The number of aryl methyl sites for hydroxylation is 1. The maximum Gasteiger partial charge on any atom is 0.411 e. The van der Waals surface area contributed by atoms with Gasteiger partial charge in [-0.2, -0.15) is 5.26 Å². The van der Waals surface area contributed by atoms with E-state index in [4.69, 9.17) is 5.26 Å². The number of nitriles is 1. The van der Waals surface area contributed by atoms with Crippen molar-refractivity contribution in [3.63, 3.8) is 0 Å². The highest BCUT2D eigenvalue weighted by molar-refractivity contribution is 5.86. The summed E-state index contributed by atoms with van der Waals surface area (Å²) >= 11 is 0. The molecule has 5 heteroatoms. The van der Waals surface area contributed by atoms with E-state index in [-0.39, 0.29) is 17.9 Å². The van der Waals surface area contributed by atoms with Crippen LogP contribution in [0.15, 0.2) is 12.1 Å². The number of hydrogen-bond donors (Lipinski definition) is 1. The van der Waals surface area contributed by atoms with Gasteiger partial charge < -0.3 is 4.74 Å². The van der Waals surface area contributed by atoms with Gasteiger partial charge in [-0.25, -0.2) is 9.18 Å². The second kappa shape index (κ2) is 5.12. The molecule has 1 N–H and O–H groups in total. The number of amides is 1. The monoisotopic (exact) mass is 222 g/mol. The number of nitrogens with zero attached hydrogens (tertiary/aromatic N) is 1. The SMILES string of the molecule is CCOC(=O)Nc1ccc(C)c(F)c1C#N. The van der Waals surface area contributed by atoms with Gasteiger partial charge in [0, 0.05) is 0 Å². The van der Waals surface area contributed by atoms with Crippen molar-refractivity contribution in [2.24, 2.45) is 0 Å². The minimum atomic E-state index is -0.706. The smallest absolute Gasteiger partial charge is 0.411 e. The molecule has 1 rings (SSSR count). The van der Waals surface area contributed by atoms with Gasteiger partial charge >= 0.3 is 6.09 Å². The summed E-state index contributed by atoms with van der Waals surface area (Å²) in [5.74, 6) is -0.628. The topological polar surface area (TPSA) is 62.1 Å². The predicted molar refractivity (Wildman–Crippen MR) is 56.5 cm³/mol. The van der Waals surface area contributed by atoms with Crippen molar-refractivity contribution in [2.45, 2.75) is 13.8 Å². The fraction of sp³-hybridized carbons (Fsp3) is 0.273. The molecule has 0 radical (unpaired) electrons. The van der Waals surface area contributed by atoms with Crippen LogP contribution in [0.5, 0.6) is 0 Å². The number of nitrogens with one attached hydrogen (secondary N) is 1. The largest absolute Gasteiger partial charge is 0.450 e. The Labute approximate surface area is 92.6 Å². The van der Waals surface area contributed by atoms with Crippen LogP contribution in [-0.2, 0) is 4.74 Å². The zero-order valence-electron chi connectivity index (χ0n) is 9.00. The quantitative estimate of drug-likeness (QED) is 0.836. The molecule has 1 aromatic carbocycles. The third kappa shape index (κ3) is 2.48. The van der Waals surface area contributed by atoms with Gasteiger partial charge in [0.25, 0.3) is 0 Å². The van der Waals surface area contributed by atoms with E-state index in [1.54, 1.807) is 19.9 Å². The second-order valence-electron chi connectivity index (χ2n) is 3.08. The van der Waals surface area contributed by atoms with E-state index in [9.17, 15) is 9.18 Å². The number of carbonyl (C=O) groups is 1. The second-order valence-corrected chi connectivity index (χ2v) is 3.08. The first-order valence-corrected chi connectivity index (χ1v) is 4.73. The molecule has 84 valence electrons. The summed E-state index contributed by atoms with van der Waals surface area (Å²) in [5.41, 5.74) is 0.281. The predicted octanol–water partition coefficient (Wildman–Crippen LogP) is 2.57. The van der Waals surface area contributed by atoms with Gasteiger partial charge in [0.2, 0.25) is 0 Å². The highest BCUT2D eigenvalue weighted by Crippen LogP contribution is 2.21. The lowest BCUT2D eigenvalue weighted by molar-refractivity contribution is 0.168. The molecule has 0 spiro atoms. The molecule has 0 aliphatic heterocycles. The Morgan fingerprint density at radius 2 is 2.31 bits per heavy atom. The number of anilines is 1.